The highest BCUT2D eigenvalue weighted by Gasteiger charge is 2.08. The molecule has 2 aromatic carbocycles. The molecule has 0 aromatic heterocycles. The fourth-order valence-corrected chi connectivity index (χ4v) is 2.12. The zero-order chi connectivity index (χ0) is 13.1. The van der Waals surface area contributed by atoms with Gasteiger partial charge in [-0.15, -0.1) is 0 Å². The lowest BCUT2D eigenvalue weighted by Crippen LogP contribution is -1.95. The van der Waals surface area contributed by atoms with Crippen molar-refractivity contribution in [2.24, 2.45) is 0 Å². The second kappa shape index (κ2) is 5.38. The summed E-state index contributed by atoms with van der Waals surface area (Å²) in [4.78, 5) is 0. The number of nitriles is 1. The Morgan fingerprint density at radius 1 is 1.28 bits per heavy atom. The van der Waals surface area contributed by atoms with Crippen molar-refractivity contribution >= 4 is 38.9 Å². The van der Waals surface area contributed by atoms with Crippen molar-refractivity contribution in [1.82, 2.24) is 0 Å². The Bertz CT molecular complexity index is 617. The molecule has 0 aliphatic rings. The molecule has 0 saturated carbocycles. The van der Waals surface area contributed by atoms with Crippen LogP contribution in [-0.2, 0) is 0 Å². The Morgan fingerprint density at radius 3 is 2.67 bits per heavy atom. The maximum Gasteiger partial charge on any atom is 0.148 e. The number of nitrogens with zero attached hydrogens (tertiary/aromatic N) is 1. The predicted molar refractivity (Wildman–Crippen MR) is 73.5 cm³/mol. The molecule has 0 aliphatic heterocycles. The smallest absolute Gasteiger partial charge is 0.148 e. The molecule has 2 rings (SSSR count). The van der Waals surface area contributed by atoms with Gasteiger partial charge in [0.25, 0.3) is 0 Å². The van der Waals surface area contributed by atoms with Crippen molar-refractivity contribution in [2.45, 2.75) is 0 Å². The van der Waals surface area contributed by atoms with Gasteiger partial charge in [0, 0.05) is 10.2 Å². The lowest BCUT2D eigenvalue weighted by Gasteiger charge is -2.10. The summed E-state index contributed by atoms with van der Waals surface area (Å²) in [6.45, 7) is 0. The number of hydrogen-bond acceptors (Lipinski definition) is 2. The van der Waals surface area contributed by atoms with E-state index in [-0.39, 0.29) is 5.69 Å². The Balaban J connectivity index is 2.35. The van der Waals surface area contributed by atoms with Gasteiger partial charge in [-0.3, -0.25) is 0 Å². The van der Waals surface area contributed by atoms with Crippen molar-refractivity contribution in [1.29, 1.82) is 5.26 Å². The number of hydrogen-bond donors (Lipinski definition) is 1. The van der Waals surface area contributed by atoms with Crippen molar-refractivity contribution in [3.8, 4) is 6.07 Å². The minimum absolute atomic E-state index is 0.218. The van der Waals surface area contributed by atoms with E-state index in [9.17, 15) is 4.39 Å². The van der Waals surface area contributed by atoms with E-state index in [1.54, 1.807) is 24.3 Å². The lowest BCUT2D eigenvalue weighted by molar-refractivity contribution is 0.632. The summed E-state index contributed by atoms with van der Waals surface area (Å²) in [5.41, 5.74) is 1.38. The van der Waals surface area contributed by atoms with Gasteiger partial charge in [-0.1, -0.05) is 17.7 Å². The summed E-state index contributed by atoms with van der Waals surface area (Å²) in [5.74, 6) is -0.428. The average molecular weight is 326 g/mol. The van der Waals surface area contributed by atoms with E-state index in [2.05, 4.69) is 21.2 Å². The average Bonchev–Trinajstić information content (AvgIpc) is 2.34. The van der Waals surface area contributed by atoms with Crippen LogP contribution in [0, 0.1) is 17.1 Å². The zero-order valence-electron chi connectivity index (χ0n) is 9.05. The minimum Gasteiger partial charge on any atom is -0.352 e. The number of rotatable bonds is 2. The number of halogens is 3. The van der Waals surface area contributed by atoms with Crippen LogP contribution >= 0.6 is 27.5 Å². The monoisotopic (exact) mass is 324 g/mol. The Morgan fingerprint density at radius 2 is 2.06 bits per heavy atom. The van der Waals surface area contributed by atoms with Crippen LogP contribution in [0.1, 0.15) is 5.56 Å². The van der Waals surface area contributed by atoms with Gasteiger partial charge in [0.1, 0.15) is 11.9 Å². The van der Waals surface area contributed by atoms with Gasteiger partial charge in [-0.05, 0) is 46.3 Å². The number of benzene rings is 2. The second-order valence-corrected chi connectivity index (χ2v) is 4.79. The molecular weight excluding hydrogens is 319 g/mol. The summed E-state index contributed by atoms with van der Waals surface area (Å²) in [6, 6.07) is 11.5. The van der Waals surface area contributed by atoms with Gasteiger partial charge in [-0.2, -0.15) is 5.26 Å². The molecule has 0 bridgehead atoms. The van der Waals surface area contributed by atoms with Crippen molar-refractivity contribution < 1.29 is 4.39 Å². The summed E-state index contributed by atoms with van der Waals surface area (Å²) in [7, 11) is 0. The van der Waals surface area contributed by atoms with Crippen LogP contribution in [0.5, 0.6) is 0 Å². The first-order valence-electron chi connectivity index (χ1n) is 5.02. The van der Waals surface area contributed by atoms with Crippen LogP contribution in [-0.4, -0.2) is 0 Å². The summed E-state index contributed by atoms with van der Waals surface area (Å²) < 4.78 is 14.2. The van der Waals surface area contributed by atoms with Crippen LogP contribution in [0.25, 0.3) is 0 Å². The molecule has 0 radical (unpaired) electrons. The molecule has 0 saturated heterocycles. The van der Waals surface area contributed by atoms with Crippen molar-refractivity contribution in [3.05, 3.63) is 57.3 Å². The molecule has 0 heterocycles. The molecule has 0 fully saturated rings. The molecule has 90 valence electrons. The summed E-state index contributed by atoms with van der Waals surface area (Å²) in [5, 5.41) is 12.0. The maximum absolute atomic E-state index is 13.6. The van der Waals surface area contributed by atoms with E-state index < -0.39 is 5.82 Å². The summed E-state index contributed by atoms with van der Waals surface area (Å²) in [6.07, 6.45) is 0. The van der Waals surface area contributed by atoms with Crippen LogP contribution in [0.15, 0.2) is 40.9 Å². The van der Waals surface area contributed by atoms with Gasteiger partial charge in [0.2, 0.25) is 0 Å². The maximum atomic E-state index is 13.6. The quantitative estimate of drug-likeness (QED) is 0.856. The molecule has 18 heavy (non-hydrogen) atoms. The molecule has 1 N–H and O–H groups in total. The van der Waals surface area contributed by atoms with E-state index >= 15 is 0 Å². The Kier molecular flexibility index (Phi) is 3.85. The first-order valence-corrected chi connectivity index (χ1v) is 6.19. The van der Waals surface area contributed by atoms with Crippen LogP contribution in [0.2, 0.25) is 5.02 Å². The van der Waals surface area contributed by atoms with Crippen molar-refractivity contribution in [3.63, 3.8) is 0 Å². The van der Waals surface area contributed by atoms with E-state index in [1.807, 2.05) is 6.07 Å². The molecule has 0 amide bonds. The molecule has 0 unspecified atom stereocenters. The molecule has 0 spiro atoms. The fraction of sp³-hybridized carbons (Fsp3) is 0. The predicted octanol–water partition coefficient (Wildman–Crippen LogP) is 4.86. The standard InChI is InChI=1S/C13H7BrClFN2/c14-10-6-9(5-4-8(10)7-17)18-13-11(15)2-1-3-12(13)16/h1-6,18H. The Hall–Kier alpha value is -1.57. The van der Waals surface area contributed by atoms with Gasteiger partial charge in [0.15, 0.2) is 0 Å². The number of nitrogens with one attached hydrogen (secondary N) is 1. The third kappa shape index (κ3) is 2.63. The van der Waals surface area contributed by atoms with E-state index in [0.29, 0.717) is 20.7 Å². The first kappa shape index (κ1) is 12.9. The third-order valence-corrected chi connectivity index (χ3v) is 3.29. The normalized spacial score (nSPS) is 9.89. The SMILES string of the molecule is N#Cc1ccc(Nc2c(F)cccc2Cl)cc1Br. The molecule has 5 heteroatoms. The number of para-hydroxylation sites is 1. The highest BCUT2D eigenvalue weighted by Crippen LogP contribution is 2.29. The van der Waals surface area contributed by atoms with Crippen LogP contribution < -0.4 is 5.32 Å². The minimum atomic E-state index is -0.428. The van der Waals surface area contributed by atoms with E-state index in [4.69, 9.17) is 16.9 Å². The molecule has 0 aliphatic carbocycles. The van der Waals surface area contributed by atoms with E-state index in [1.165, 1.54) is 12.1 Å². The molecular formula is C13H7BrClFN2. The highest BCUT2D eigenvalue weighted by atomic mass is 79.9. The zero-order valence-corrected chi connectivity index (χ0v) is 11.4. The van der Waals surface area contributed by atoms with E-state index in [0.717, 1.165) is 0 Å². The van der Waals surface area contributed by atoms with Crippen LogP contribution in [0.3, 0.4) is 0 Å². The van der Waals surface area contributed by atoms with Gasteiger partial charge >= 0.3 is 0 Å². The number of anilines is 2. The second-order valence-electron chi connectivity index (χ2n) is 3.53. The Labute approximate surface area is 117 Å². The van der Waals surface area contributed by atoms with Gasteiger partial charge in [-0.25, -0.2) is 4.39 Å². The summed E-state index contributed by atoms with van der Waals surface area (Å²) >= 11 is 9.18. The van der Waals surface area contributed by atoms with Crippen LogP contribution in [0.4, 0.5) is 15.8 Å². The molecule has 2 aromatic rings. The largest absolute Gasteiger partial charge is 0.352 e. The fourth-order valence-electron chi connectivity index (χ4n) is 1.45. The van der Waals surface area contributed by atoms with Gasteiger partial charge in [0.05, 0.1) is 16.3 Å². The third-order valence-electron chi connectivity index (χ3n) is 2.32. The van der Waals surface area contributed by atoms with Gasteiger partial charge < -0.3 is 5.32 Å². The highest BCUT2D eigenvalue weighted by molar-refractivity contribution is 9.10. The topological polar surface area (TPSA) is 35.8 Å². The van der Waals surface area contributed by atoms with Crippen molar-refractivity contribution in [2.75, 3.05) is 5.32 Å². The first-order chi connectivity index (χ1) is 8.61. The molecule has 2 nitrogen and oxygen atoms in total. The molecule has 0 atom stereocenters. The lowest BCUT2D eigenvalue weighted by atomic mass is 10.2.